The minimum Gasteiger partial charge on any atom is -0.493 e. The predicted octanol–water partition coefficient (Wildman–Crippen LogP) is 3.72. The van der Waals surface area contributed by atoms with Crippen molar-refractivity contribution in [2.45, 2.75) is 6.54 Å². The second-order valence-corrected chi connectivity index (χ2v) is 8.51. The van der Waals surface area contributed by atoms with Gasteiger partial charge < -0.3 is 24.4 Å². The van der Waals surface area contributed by atoms with Crippen molar-refractivity contribution >= 4 is 11.7 Å². The standard InChI is InChI=1S/C28H29N5O4/c1-35-24-11-10-20(17-25(24)36-2)23-19-33(22-8-4-3-5-9-22)31-26(23)28(34)30-18-21-7-6-12-29-27(21)32-13-15-37-16-14-32/h3-12,17,19H,13-16,18H2,1-2H3,(H,30,34). The third-order valence-corrected chi connectivity index (χ3v) is 6.26. The summed E-state index contributed by atoms with van der Waals surface area (Å²) >= 11 is 0. The van der Waals surface area contributed by atoms with Gasteiger partial charge in [0.2, 0.25) is 0 Å². The summed E-state index contributed by atoms with van der Waals surface area (Å²) in [4.78, 5) is 20.3. The number of benzene rings is 2. The zero-order chi connectivity index (χ0) is 25.6. The van der Waals surface area contributed by atoms with Gasteiger partial charge >= 0.3 is 0 Å². The highest BCUT2D eigenvalue weighted by Crippen LogP contribution is 2.34. The molecule has 2 aromatic carbocycles. The lowest BCUT2D eigenvalue weighted by Crippen LogP contribution is -2.37. The average Bonchev–Trinajstić information content (AvgIpc) is 3.42. The van der Waals surface area contributed by atoms with E-state index in [4.69, 9.17) is 14.2 Å². The highest BCUT2D eigenvalue weighted by molar-refractivity contribution is 5.99. The van der Waals surface area contributed by atoms with Crippen molar-refractivity contribution in [3.05, 3.63) is 84.3 Å². The van der Waals surface area contributed by atoms with Crippen molar-refractivity contribution in [1.29, 1.82) is 0 Å². The number of aromatic nitrogens is 3. The molecule has 0 atom stereocenters. The Balaban J connectivity index is 1.46. The summed E-state index contributed by atoms with van der Waals surface area (Å²) in [6.45, 7) is 3.18. The van der Waals surface area contributed by atoms with E-state index in [0.29, 0.717) is 42.5 Å². The molecule has 0 saturated carbocycles. The summed E-state index contributed by atoms with van der Waals surface area (Å²) in [6, 6.07) is 19.1. The maximum Gasteiger partial charge on any atom is 0.272 e. The van der Waals surface area contributed by atoms with Gasteiger partial charge in [-0.3, -0.25) is 4.79 Å². The number of nitrogens with one attached hydrogen (secondary N) is 1. The molecule has 0 bridgehead atoms. The molecule has 0 radical (unpaired) electrons. The second-order valence-electron chi connectivity index (χ2n) is 8.51. The van der Waals surface area contributed by atoms with Crippen LogP contribution in [0.1, 0.15) is 16.1 Å². The Kier molecular flexibility index (Phi) is 7.32. The van der Waals surface area contributed by atoms with Gasteiger partial charge in [0, 0.05) is 43.2 Å². The smallest absolute Gasteiger partial charge is 0.272 e. The Morgan fingerprint density at radius 3 is 2.54 bits per heavy atom. The third-order valence-electron chi connectivity index (χ3n) is 6.26. The first-order valence-corrected chi connectivity index (χ1v) is 12.1. The largest absolute Gasteiger partial charge is 0.493 e. The number of morpholine rings is 1. The molecular weight excluding hydrogens is 470 g/mol. The molecule has 2 aromatic heterocycles. The molecule has 0 unspecified atom stereocenters. The Hall–Kier alpha value is -4.37. The summed E-state index contributed by atoms with van der Waals surface area (Å²) in [7, 11) is 3.18. The van der Waals surface area contributed by atoms with Crippen LogP contribution in [0.2, 0.25) is 0 Å². The Morgan fingerprint density at radius 2 is 1.78 bits per heavy atom. The highest BCUT2D eigenvalue weighted by atomic mass is 16.5. The van der Waals surface area contributed by atoms with E-state index in [-0.39, 0.29) is 5.91 Å². The molecule has 1 aliphatic heterocycles. The summed E-state index contributed by atoms with van der Waals surface area (Å²) in [6.07, 6.45) is 3.63. The molecule has 0 aliphatic carbocycles. The maximum atomic E-state index is 13.5. The maximum absolute atomic E-state index is 13.5. The number of amides is 1. The van der Waals surface area contributed by atoms with Gasteiger partial charge in [0.1, 0.15) is 5.82 Å². The zero-order valence-electron chi connectivity index (χ0n) is 20.9. The second kappa shape index (κ2) is 11.1. The number of methoxy groups -OCH3 is 2. The first-order valence-electron chi connectivity index (χ1n) is 12.1. The summed E-state index contributed by atoms with van der Waals surface area (Å²) < 4.78 is 18.1. The number of nitrogens with zero attached hydrogens (tertiary/aromatic N) is 4. The fourth-order valence-electron chi connectivity index (χ4n) is 4.36. The number of rotatable bonds is 8. The molecule has 190 valence electrons. The SMILES string of the molecule is COc1ccc(-c2cn(-c3ccccc3)nc2C(=O)NCc2cccnc2N2CCOCC2)cc1OC. The zero-order valence-corrected chi connectivity index (χ0v) is 20.9. The van der Waals surface area contributed by atoms with E-state index in [1.807, 2.05) is 66.9 Å². The highest BCUT2D eigenvalue weighted by Gasteiger charge is 2.22. The van der Waals surface area contributed by atoms with Crippen LogP contribution in [0.25, 0.3) is 16.8 Å². The van der Waals surface area contributed by atoms with Crippen molar-refractivity contribution in [3.63, 3.8) is 0 Å². The molecule has 37 heavy (non-hydrogen) atoms. The molecule has 4 aromatic rings. The van der Waals surface area contributed by atoms with Gasteiger partial charge in [-0.15, -0.1) is 0 Å². The Morgan fingerprint density at radius 1 is 1.00 bits per heavy atom. The molecule has 1 aliphatic rings. The van der Waals surface area contributed by atoms with E-state index in [1.54, 1.807) is 25.1 Å². The summed E-state index contributed by atoms with van der Waals surface area (Å²) in [5.74, 6) is 1.77. The van der Waals surface area contributed by atoms with Crippen LogP contribution in [0, 0.1) is 0 Å². The van der Waals surface area contributed by atoms with Crippen LogP contribution in [0.15, 0.2) is 73.1 Å². The number of carbonyl (C=O) groups is 1. The van der Waals surface area contributed by atoms with Crippen molar-refractivity contribution in [2.75, 3.05) is 45.4 Å². The molecule has 3 heterocycles. The van der Waals surface area contributed by atoms with Crippen LogP contribution in [-0.2, 0) is 11.3 Å². The lowest BCUT2D eigenvalue weighted by molar-refractivity contribution is 0.0946. The van der Waals surface area contributed by atoms with Gasteiger partial charge in [-0.25, -0.2) is 9.67 Å². The topological polar surface area (TPSA) is 90.7 Å². The van der Waals surface area contributed by atoms with Crippen molar-refractivity contribution < 1.29 is 19.0 Å². The monoisotopic (exact) mass is 499 g/mol. The fourth-order valence-corrected chi connectivity index (χ4v) is 4.36. The van der Waals surface area contributed by atoms with Crippen LogP contribution in [0.3, 0.4) is 0 Å². The first-order chi connectivity index (χ1) is 18.2. The third kappa shape index (κ3) is 5.26. The van der Waals surface area contributed by atoms with Crippen molar-refractivity contribution in [1.82, 2.24) is 20.1 Å². The normalized spacial score (nSPS) is 13.3. The van der Waals surface area contributed by atoms with Gasteiger partial charge in [0.15, 0.2) is 17.2 Å². The number of hydrogen-bond donors (Lipinski definition) is 1. The lowest BCUT2D eigenvalue weighted by atomic mass is 10.1. The van der Waals surface area contributed by atoms with Gasteiger partial charge in [-0.1, -0.05) is 30.3 Å². The predicted molar refractivity (Wildman–Crippen MR) is 141 cm³/mol. The molecule has 0 spiro atoms. The Labute approximate surface area is 215 Å². The van der Waals surface area contributed by atoms with Gasteiger partial charge in [-0.2, -0.15) is 5.10 Å². The van der Waals surface area contributed by atoms with Crippen molar-refractivity contribution in [3.8, 4) is 28.3 Å². The Bertz CT molecular complexity index is 1370. The number of pyridine rings is 1. The van der Waals surface area contributed by atoms with Gasteiger partial charge in [0.05, 0.1) is 33.1 Å². The number of carbonyl (C=O) groups excluding carboxylic acids is 1. The molecule has 5 rings (SSSR count). The number of ether oxygens (including phenoxy) is 3. The summed E-state index contributed by atoms with van der Waals surface area (Å²) in [5.41, 5.74) is 3.58. The quantitative estimate of drug-likeness (QED) is 0.395. The molecule has 1 saturated heterocycles. The fraction of sp³-hybridized carbons (Fsp3) is 0.250. The van der Waals surface area contributed by atoms with E-state index >= 15 is 0 Å². The number of para-hydroxylation sites is 1. The van der Waals surface area contributed by atoms with Crippen LogP contribution >= 0.6 is 0 Å². The molecule has 1 amide bonds. The van der Waals surface area contributed by atoms with E-state index < -0.39 is 0 Å². The van der Waals surface area contributed by atoms with Crippen LogP contribution in [0.5, 0.6) is 11.5 Å². The van der Waals surface area contributed by atoms with Crippen LogP contribution in [0.4, 0.5) is 5.82 Å². The molecule has 9 nitrogen and oxygen atoms in total. The molecule has 1 fully saturated rings. The van der Waals surface area contributed by atoms with E-state index in [1.165, 1.54) is 0 Å². The van der Waals surface area contributed by atoms with Crippen molar-refractivity contribution in [2.24, 2.45) is 0 Å². The summed E-state index contributed by atoms with van der Waals surface area (Å²) in [5, 5.41) is 7.72. The molecular formula is C28H29N5O4. The first kappa shape index (κ1) is 24.3. The van der Waals surface area contributed by atoms with Crippen LogP contribution < -0.4 is 19.7 Å². The van der Waals surface area contributed by atoms with Gasteiger partial charge in [0.25, 0.3) is 5.91 Å². The number of hydrogen-bond acceptors (Lipinski definition) is 7. The van der Waals surface area contributed by atoms with E-state index in [0.717, 1.165) is 35.7 Å². The average molecular weight is 500 g/mol. The van der Waals surface area contributed by atoms with Gasteiger partial charge in [-0.05, 0) is 35.9 Å². The molecule has 9 heteroatoms. The van der Waals surface area contributed by atoms with E-state index in [9.17, 15) is 4.79 Å². The minimum absolute atomic E-state index is 0.281. The molecule has 1 N–H and O–H groups in total. The lowest BCUT2D eigenvalue weighted by Gasteiger charge is -2.29. The number of anilines is 1. The minimum atomic E-state index is -0.281. The van der Waals surface area contributed by atoms with E-state index in [2.05, 4.69) is 20.3 Å². The van der Waals surface area contributed by atoms with Crippen LogP contribution in [-0.4, -0.2) is 61.2 Å².